The smallest absolute Gasteiger partial charge is 0.00147 e. The summed E-state index contributed by atoms with van der Waals surface area (Å²) >= 11 is 0. The van der Waals surface area contributed by atoms with Gasteiger partial charge in [-0.05, 0) is 67.7 Å². The summed E-state index contributed by atoms with van der Waals surface area (Å²) in [6.07, 6.45) is 7.95. The van der Waals surface area contributed by atoms with Crippen LogP contribution >= 0.6 is 0 Å². The lowest BCUT2D eigenvalue weighted by Gasteiger charge is -2.36. The molecule has 1 N–H and O–H groups in total. The van der Waals surface area contributed by atoms with Crippen molar-refractivity contribution in [2.75, 3.05) is 13.1 Å². The number of benzene rings is 1. The van der Waals surface area contributed by atoms with Gasteiger partial charge in [-0.3, -0.25) is 0 Å². The van der Waals surface area contributed by atoms with E-state index in [1.54, 1.807) is 5.56 Å². The third-order valence-electron chi connectivity index (χ3n) is 5.30. The molecule has 0 aromatic heterocycles. The quantitative estimate of drug-likeness (QED) is 0.683. The minimum Gasteiger partial charge on any atom is -0.316 e. The fourth-order valence-electron chi connectivity index (χ4n) is 3.85. The Hall–Kier alpha value is -0.820. The van der Waals surface area contributed by atoms with Crippen molar-refractivity contribution in [3.8, 4) is 0 Å². The van der Waals surface area contributed by atoms with E-state index in [1.807, 2.05) is 0 Å². The Balaban J connectivity index is 2.11. The largest absolute Gasteiger partial charge is 0.316 e. The summed E-state index contributed by atoms with van der Waals surface area (Å²) in [4.78, 5) is 0. The second-order valence-electron chi connectivity index (χ2n) is 6.76. The maximum Gasteiger partial charge on any atom is -0.00147 e. The maximum atomic E-state index is 3.67. The molecule has 0 bridgehead atoms. The number of nitrogens with one attached hydrogen (secondary N) is 1. The number of hydrogen-bond acceptors (Lipinski definition) is 1. The van der Waals surface area contributed by atoms with E-state index < -0.39 is 0 Å². The van der Waals surface area contributed by atoms with E-state index in [1.165, 1.54) is 44.2 Å². The zero-order valence-electron chi connectivity index (χ0n) is 14.2. The third-order valence-corrected chi connectivity index (χ3v) is 5.30. The highest BCUT2D eigenvalue weighted by Crippen LogP contribution is 2.41. The van der Waals surface area contributed by atoms with E-state index in [2.05, 4.69) is 50.4 Å². The Morgan fingerprint density at radius 2 is 2.00 bits per heavy atom. The molecule has 2 rings (SSSR count). The SMILES string of the molecule is CCCNCC1CCC(CC)CC1c1cccc(CC)c1. The average molecular weight is 287 g/mol. The molecule has 1 aliphatic rings. The molecule has 0 amide bonds. The molecule has 0 spiro atoms. The molecule has 0 saturated heterocycles. The highest BCUT2D eigenvalue weighted by Gasteiger charge is 2.30. The van der Waals surface area contributed by atoms with Gasteiger partial charge in [0.05, 0.1) is 0 Å². The molecule has 1 heteroatoms. The first-order valence-electron chi connectivity index (χ1n) is 9.07. The van der Waals surface area contributed by atoms with E-state index in [9.17, 15) is 0 Å². The first kappa shape index (κ1) is 16.5. The molecule has 3 unspecified atom stereocenters. The lowest BCUT2D eigenvalue weighted by atomic mass is 9.70. The van der Waals surface area contributed by atoms with Crippen LogP contribution in [0.5, 0.6) is 0 Å². The van der Waals surface area contributed by atoms with Crippen molar-refractivity contribution in [3.05, 3.63) is 35.4 Å². The molecule has 1 saturated carbocycles. The normalized spacial score (nSPS) is 26.0. The van der Waals surface area contributed by atoms with Crippen molar-refractivity contribution in [1.29, 1.82) is 0 Å². The van der Waals surface area contributed by atoms with Gasteiger partial charge in [-0.15, -0.1) is 0 Å². The van der Waals surface area contributed by atoms with Gasteiger partial charge < -0.3 is 5.32 Å². The van der Waals surface area contributed by atoms with E-state index in [0.29, 0.717) is 0 Å². The van der Waals surface area contributed by atoms with Crippen LogP contribution in [-0.4, -0.2) is 13.1 Å². The standard InChI is InChI=1S/C20H33N/c1-4-12-21-15-19-11-10-17(6-3)14-20(19)18-9-7-8-16(5-2)13-18/h7-9,13,17,19-21H,4-6,10-12,14-15H2,1-3H3. The first-order valence-corrected chi connectivity index (χ1v) is 9.07. The van der Waals surface area contributed by atoms with Crippen LogP contribution in [0.15, 0.2) is 24.3 Å². The maximum absolute atomic E-state index is 3.67. The van der Waals surface area contributed by atoms with Gasteiger partial charge in [-0.1, -0.05) is 57.9 Å². The molecule has 1 nitrogen and oxygen atoms in total. The molecular formula is C20H33N. The lowest BCUT2D eigenvalue weighted by molar-refractivity contribution is 0.226. The van der Waals surface area contributed by atoms with Crippen LogP contribution < -0.4 is 5.32 Å². The van der Waals surface area contributed by atoms with Crippen LogP contribution in [-0.2, 0) is 6.42 Å². The van der Waals surface area contributed by atoms with Gasteiger partial charge in [0.2, 0.25) is 0 Å². The van der Waals surface area contributed by atoms with Gasteiger partial charge in [0.25, 0.3) is 0 Å². The Bertz CT molecular complexity index is 410. The van der Waals surface area contributed by atoms with Crippen molar-refractivity contribution in [2.45, 2.75) is 65.2 Å². The summed E-state index contributed by atoms with van der Waals surface area (Å²) in [6, 6.07) is 9.37. The highest BCUT2D eigenvalue weighted by molar-refractivity contribution is 5.27. The van der Waals surface area contributed by atoms with E-state index in [-0.39, 0.29) is 0 Å². The third kappa shape index (κ3) is 4.57. The molecule has 21 heavy (non-hydrogen) atoms. The Morgan fingerprint density at radius 3 is 2.71 bits per heavy atom. The second kappa shape index (κ2) is 8.58. The van der Waals surface area contributed by atoms with Gasteiger partial charge in [-0.2, -0.15) is 0 Å². The monoisotopic (exact) mass is 287 g/mol. The summed E-state index contributed by atoms with van der Waals surface area (Å²) in [5.41, 5.74) is 3.09. The van der Waals surface area contributed by atoms with E-state index >= 15 is 0 Å². The average Bonchev–Trinajstić information content (AvgIpc) is 2.55. The second-order valence-corrected chi connectivity index (χ2v) is 6.76. The number of rotatable bonds is 7. The predicted octanol–water partition coefficient (Wildman–Crippen LogP) is 5.16. The molecule has 0 aliphatic heterocycles. The fourth-order valence-corrected chi connectivity index (χ4v) is 3.85. The Labute approximate surface area is 131 Å². The van der Waals surface area contributed by atoms with Crippen LogP contribution in [0.1, 0.15) is 69.9 Å². The lowest BCUT2D eigenvalue weighted by Crippen LogP contribution is -2.32. The Kier molecular flexibility index (Phi) is 6.76. The zero-order chi connectivity index (χ0) is 15.1. The molecule has 1 fully saturated rings. The molecule has 0 heterocycles. The molecule has 1 aliphatic carbocycles. The van der Waals surface area contributed by atoms with Crippen molar-refractivity contribution in [3.63, 3.8) is 0 Å². The van der Waals surface area contributed by atoms with Gasteiger partial charge >= 0.3 is 0 Å². The number of hydrogen-bond donors (Lipinski definition) is 1. The van der Waals surface area contributed by atoms with Gasteiger partial charge in [0.1, 0.15) is 0 Å². The summed E-state index contributed by atoms with van der Waals surface area (Å²) < 4.78 is 0. The summed E-state index contributed by atoms with van der Waals surface area (Å²) in [7, 11) is 0. The predicted molar refractivity (Wildman–Crippen MR) is 92.8 cm³/mol. The van der Waals surface area contributed by atoms with Crippen LogP contribution in [0.25, 0.3) is 0 Å². The first-order chi connectivity index (χ1) is 10.3. The molecule has 1 aromatic carbocycles. The minimum atomic E-state index is 0.763. The van der Waals surface area contributed by atoms with Crippen LogP contribution in [0.4, 0.5) is 0 Å². The number of aryl methyl sites for hydroxylation is 1. The molecule has 0 radical (unpaired) electrons. The molecule has 3 atom stereocenters. The van der Waals surface area contributed by atoms with Crippen LogP contribution in [0, 0.1) is 11.8 Å². The van der Waals surface area contributed by atoms with Crippen molar-refractivity contribution in [1.82, 2.24) is 5.32 Å². The van der Waals surface area contributed by atoms with E-state index in [4.69, 9.17) is 0 Å². The summed E-state index contributed by atoms with van der Waals surface area (Å²) in [5.74, 6) is 2.52. The Morgan fingerprint density at radius 1 is 1.14 bits per heavy atom. The fraction of sp³-hybridized carbons (Fsp3) is 0.700. The van der Waals surface area contributed by atoms with Crippen molar-refractivity contribution < 1.29 is 0 Å². The van der Waals surface area contributed by atoms with Gasteiger partial charge in [0.15, 0.2) is 0 Å². The molecule has 118 valence electrons. The minimum absolute atomic E-state index is 0.763. The van der Waals surface area contributed by atoms with Crippen molar-refractivity contribution >= 4 is 0 Å². The zero-order valence-corrected chi connectivity index (χ0v) is 14.2. The van der Waals surface area contributed by atoms with E-state index in [0.717, 1.165) is 30.7 Å². The molecular weight excluding hydrogens is 254 g/mol. The summed E-state index contributed by atoms with van der Waals surface area (Å²) in [6.45, 7) is 9.23. The van der Waals surface area contributed by atoms with Crippen LogP contribution in [0.2, 0.25) is 0 Å². The van der Waals surface area contributed by atoms with Gasteiger partial charge in [-0.25, -0.2) is 0 Å². The van der Waals surface area contributed by atoms with Crippen LogP contribution in [0.3, 0.4) is 0 Å². The summed E-state index contributed by atoms with van der Waals surface area (Å²) in [5, 5.41) is 3.67. The molecule has 1 aromatic rings. The highest BCUT2D eigenvalue weighted by atomic mass is 14.9. The topological polar surface area (TPSA) is 12.0 Å². The van der Waals surface area contributed by atoms with Gasteiger partial charge in [0, 0.05) is 0 Å². The van der Waals surface area contributed by atoms with Crippen molar-refractivity contribution in [2.24, 2.45) is 11.8 Å².